The molecule has 0 N–H and O–H groups in total. The smallest absolute Gasteiger partial charge is 1.00 e. The molecule has 3 aromatic carbocycles. The van der Waals surface area contributed by atoms with E-state index in [1.165, 1.54) is 46.2 Å². The molecule has 0 saturated heterocycles. The van der Waals surface area contributed by atoms with Crippen molar-refractivity contribution < 1.29 is 51.0 Å². The van der Waals surface area contributed by atoms with Crippen molar-refractivity contribution in [2.75, 3.05) is 0 Å². The minimum atomic E-state index is 0. The molecule has 1 saturated carbocycles. The van der Waals surface area contributed by atoms with Crippen molar-refractivity contribution in [1.29, 1.82) is 0 Å². The fraction of sp³-hybridized carbons (Fsp3) is 0.200. The van der Waals surface area contributed by atoms with Crippen LogP contribution in [0.3, 0.4) is 0 Å². The van der Waals surface area contributed by atoms with E-state index in [2.05, 4.69) is 92.2 Å². The van der Waals surface area contributed by atoms with Gasteiger partial charge in [0, 0.05) is 0 Å². The molecule has 29 heavy (non-hydrogen) atoms. The predicted octanol–water partition coefficient (Wildman–Crippen LogP) is -0.0111. The molecule has 2 unspecified atom stereocenters. The third-order valence-corrected chi connectivity index (χ3v) is 6.79. The Morgan fingerprint density at radius 1 is 0.966 bits per heavy atom. The van der Waals surface area contributed by atoms with Gasteiger partial charge >= 0.3 is 26.2 Å². The first-order valence-electron chi connectivity index (χ1n) is 9.48. The van der Waals surface area contributed by atoms with Crippen molar-refractivity contribution in [2.45, 2.75) is 26.2 Å². The molecular formula is C25H25Cl2PZr. The van der Waals surface area contributed by atoms with E-state index in [0.717, 1.165) is 14.5 Å². The molecule has 1 fully saturated rings. The van der Waals surface area contributed by atoms with E-state index in [9.17, 15) is 0 Å². The van der Waals surface area contributed by atoms with Crippen molar-refractivity contribution in [2.24, 2.45) is 5.92 Å². The van der Waals surface area contributed by atoms with Crippen LogP contribution in [-0.4, -0.2) is 0 Å². The molecule has 2 aliphatic carbocycles. The minimum absolute atomic E-state index is 0. The summed E-state index contributed by atoms with van der Waals surface area (Å²) in [6.07, 6.45) is 13.0. The van der Waals surface area contributed by atoms with Gasteiger partial charge in [-0.05, 0) is 17.6 Å². The van der Waals surface area contributed by atoms with Crippen LogP contribution in [0.15, 0.2) is 84.5 Å². The predicted molar refractivity (Wildman–Crippen MR) is 117 cm³/mol. The van der Waals surface area contributed by atoms with Gasteiger partial charge in [-0.3, -0.25) is 0 Å². The van der Waals surface area contributed by atoms with Crippen molar-refractivity contribution in [3.05, 3.63) is 96.4 Å². The third kappa shape index (κ3) is 6.64. The van der Waals surface area contributed by atoms with Crippen LogP contribution in [0.25, 0.3) is 10.8 Å². The van der Waals surface area contributed by atoms with Crippen LogP contribution in [0.5, 0.6) is 0 Å². The molecule has 0 bridgehead atoms. The minimum Gasteiger partial charge on any atom is -1.00 e. The van der Waals surface area contributed by atoms with Crippen LogP contribution in [0.2, 0.25) is 0 Å². The van der Waals surface area contributed by atoms with Crippen LogP contribution in [0.1, 0.15) is 24.8 Å². The van der Waals surface area contributed by atoms with E-state index in [0.29, 0.717) is 0 Å². The van der Waals surface area contributed by atoms with Crippen LogP contribution in [-0.2, 0) is 26.2 Å². The number of rotatable bonds is 2. The molecule has 0 aromatic heterocycles. The Morgan fingerprint density at radius 3 is 2.45 bits per heavy atom. The summed E-state index contributed by atoms with van der Waals surface area (Å²) in [5, 5.41) is 5.68. The second-order valence-electron chi connectivity index (χ2n) is 7.09. The topological polar surface area (TPSA) is 0 Å². The number of benzene rings is 2. The van der Waals surface area contributed by atoms with Gasteiger partial charge in [0.2, 0.25) is 0 Å². The quantitative estimate of drug-likeness (QED) is 0.331. The fourth-order valence-electron chi connectivity index (χ4n) is 3.86. The maximum absolute atomic E-state index is 2.37. The number of allylic oxidation sites excluding steroid dienone is 4. The molecule has 0 aliphatic heterocycles. The Hall–Kier alpha value is -0.707. The first-order chi connectivity index (χ1) is 12.8. The van der Waals surface area contributed by atoms with Gasteiger partial charge in [0.15, 0.2) is 0 Å². The largest absolute Gasteiger partial charge is 4.00 e. The second kappa shape index (κ2) is 12.9. The number of aryl methyl sites for hydroxylation is 1. The molecule has 0 amide bonds. The summed E-state index contributed by atoms with van der Waals surface area (Å²) in [5.74, 6) is 0.884. The number of hydrogen-bond donors (Lipinski definition) is 0. The summed E-state index contributed by atoms with van der Waals surface area (Å²) in [6.45, 7) is 2.21. The molecule has 2 atom stereocenters. The van der Waals surface area contributed by atoms with Gasteiger partial charge in [-0.1, -0.05) is 49.7 Å². The Morgan fingerprint density at radius 2 is 1.69 bits per heavy atom. The zero-order valence-corrected chi connectivity index (χ0v) is 21.5. The Kier molecular flexibility index (Phi) is 11.7. The van der Waals surface area contributed by atoms with Crippen LogP contribution >= 0.6 is 8.58 Å². The molecule has 5 rings (SSSR count). The molecule has 0 nitrogen and oxygen atoms in total. The van der Waals surface area contributed by atoms with Gasteiger partial charge in [-0.2, -0.15) is 0 Å². The third-order valence-electron chi connectivity index (χ3n) is 5.25. The summed E-state index contributed by atoms with van der Waals surface area (Å²) >= 11 is 0. The van der Waals surface area contributed by atoms with E-state index in [1.54, 1.807) is 5.57 Å². The molecule has 0 heterocycles. The summed E-state index contributed by atoms with van der Waals surface area (Å²) in [5.41, 5.74) is 2.99. The van der Waals surface area contributed by atoms with Crippen molar-refractivity contribution >= 4 is 30.0 Å². The normalized spacial score (nSPS) is 16.4. The number of fused-ring (bicyclic) bond motifs is 2. The van der Waals surface area contributed by atoms with Gasteiger partial charge in [0.05, 0.1) is 0 Å². The van der Waals surface area contributed by atoms with Gasteiger partial charge in [-0.15, -0.1) is 73.1 Å². The first kappa shape index (κ1) is 26.3. The Labute approximate surface area is 208 Å². The summed E-state index contributed by atoms with van der Waals surface area (Å²) < 4.78 is 0. The standard InChI is InChI=1S/C16H14P.C9H11.2ClH.Zr/c1-12-11-13-7-5-6-10-15(13)16(12)17-14-8-3-2-4-9-14;1-2-5-9-7-3-6-8(9)4-1;;;/h2-11,17H,1H3;1-2,4,6,9H,3,5,7H2;2*1H;/q2*-1;;;+4/p-2. The Bertz CT molecular complexity index is 944. The number of hydrogen-bond acceptors (Lipinski definition) is 0. The molecule has 2 aliphatic rings. The average Bonchev–Trinajstić information content (AvgIpc) is 3.28. The van der Waals surface area contributed by atoms with E-state index in [-0.39, 0.29) is 51.0 Å². The van der Waals surface area contributed by atoms with Crippen LogP contribution < -0.4 is 35.4 Å². The molecule has 148 valence electrons. The van der Waals surface area contributed by atoms with Gasteiger partial charge in [-0.25, -0.2) is 18.1 Å². The van der Waals surface area contributed by atoms with E-state index >= 15 is 0 Å². The van der Waals surface area contributed by atoms with Gasteiger partial charge in [0.25, 0.3) is 0 Å². The summed E-state index contributed by atoms with van der Waals surface area (Å²) in [6, 6.07) is 21.7. The number of halogens is 2. The van der Waals surface area contributed by atoms with Gasteiger partial charge in [0.1, 0.15) is 0 Å². The first-order valence-corrected chi connectivity index (χ1v) is 10.5. The average molecular weight is 519 g/mol. The molecule has 0 spiro atoms. The van der Waals surface area contributed by atoms with Crippen molar-refractivity contribution in [3.63, 3.8) is 0 Å². The van der Waals surface area contributed by atoms with Crippen molar-refractivity contribution in [1.82, 2.24) is 0 Å². The molecule has 3 aromatic rings. The zero-order valence-electron chi connectivity index (χ0n) is 16.5. The summed E-state index contributed by atoms with van der Waals surface area (Å²) in [7, 11) is 0.754. The van der Waals surface area contributed by atoms with E-state index < -0.39 is 0 Å². The molecular weight excluding hydrogens is 493 g/mol. The van der Waals surface area contributed by atoms with Crippen LogP contribution in [0, 0.1) is 19.3 Å². The molecule has 4 heteroatoms. The zero-order chi connectivity index (χ0) is 17.8. The van der Waals surface area contributed by atoms with E-state index in [1.807, 2.05) is 0 Å². The monoisotopic (exact) mass is 516 g/mol. The maximum atomic E-state index is 2.37. The van der Waals surface area contributed by atoms with Gasteiger partial charge < -0.3 is 24.8 Å². The van der Waals surface area contributed by atoms with Crippen LogP contribution in [0.4, 0.5) is 0 Å². The fourth-order valence-corrected chi connectivity index (χ4v) is 5.14. The SMILES string of the molecule is C1=CCC2CC[CH-]C2=C1.Cc1[cH-]c2ccccc2c1Pc1ccccc1.[Cl-].[Cl-].[Zr+4]. The maximum Gasteiger partial charge on any atom is 4.00 e. The van der Waals surface area contributed by atoms with Crippen molar-refractivity contribution in [3.8, 4) is 0 Å². The second-order valence-corrected chi connectivity index (χ2v) is 8.42. The summed E-state index contributed by atoms with van der Waals surface area (Å²) in [4.78, 5) is 0. The molecule has 0 radical (unpaired) electrons. The van der Waals surface area contributed by atoms with E-state index in [4.69, 9.17) is 0 Å². The Balaban J connectivity index is 0.000000302.